The van der Waals surface area contributed by atoms with Crippen LogP contribution in [0.4, 0.5) is 0 Å². The van der Waals surface area contributed by atoms with Crippen molar-refractivity contribution >= 4 is 76.0 Å². The van der Waals surface area contributed by atoms with Gasteiger partial charge in [-0.25, -0.2) is 0 Å². The molecule has 15 nitrogen and oxygen atoms in total. The summed E-state index contributed by atoms with van der Waals surface area (Å²) in [5, 5.41) is 0. The maximum absolute atomic E-state index is 8.52. The summed E-state index contributed by atoms with van der Waals surface area (Å²) in [5.74, 6) is 0. The minimum absolute atomic E-state index is 0. The summed E-state index contributed by atoms with van der Waals surface area (Å²) >= 11 is 0. The second kappa shape index (κ2) is 38.4. The zero-order valence-electron chi connectivity index (χ0n) is 13.8. The summed E-state index contributed by atoms with van der Waals surface area (Å²) in [6.45, 7) is 0. The van der Waals surface area contributed by atoms with Crippen LogP contribution in [0.1, 0.15) is 5.71 Å². The smallest absolute Gasteiger partial charge is 0.813 e. The summed E-state index contributed by atoms with van der Waals surface area (Å²) in [6.07, 6.45) is 0. The third-order valence-corrected chi connectivity index (χ3v) is 0. The largest absolute Gasteiger partial charge is 3.00 e. The van der Waals surface area contributed by atoms with Crippen LogP contribution in [-0.2, 0) is 22.8 Å². The first kappa shape index (κ1) is 43.8. The van der Waals surface area contributed by atoms with Gasteiger partial charge in [0.1, 0.15) is 0 Å². The Morgan fingerprint density at radius 3 is 0.364 bits per heavy atom. The van der Waals surface area contributed by atoms with Crippen molar-refractivity contribution in [2.75, 3.05) is 0 Å². The molecule has 0 saturated heterocycles. The monoisotopic (exact) mass is 458 g/mol. The maximum Gasteiger partial charge on any atom is 3.00 e. The van der Waals surface area contributed by atoms with Gasteiger partial charge in [-0.1, -0.05) is 41.3 Å². The molecule has 0 atom stereocenters. The first-order valence-electron chi connectivity index (χ1n) is 3.06. The number of hydrogen-bond acceptors (Lipinski definition) is 15. The topological polar surface area (TPSA) is 316 Å². The Bertz CT molecular complexity index is 227. The van der Waals surface area contributed by atoms with Crippen molar-refractivity contribution in [3.05, 3.63) is 0 Å². The average molecular weight is 458 g/mol. The minimum atomic E-state index is -3.63. The van der Waals surface area contributed by atoms with E-state index in [1.54, 1.807) is 0 Å². The molecule has 0 fully saturated rings. The quantitative estimate of drug-likeness (QED) is 0.240. The van der Waals surface area contributed by atoms with Crippen LogP contribution in [0.3, 0.4) is 0 Å². The third kappa shape index (κ3) is 2870. The third-order valence-electron chi connectivity index (χ3n) is 0. The Kier molecular flexibility index (Phi) is 76.5. The Balaban J connectivity index is -0.0000000114. The van der Waals surface area contributed by atoms with Crippen molar-refractivity contribution in [3.63, 3.8) is 0 Å². The summed E-state index contributed by atoms with van der Waals surface area (Å²) in [5.41, 5.74) is 0. The molecule has 0 heterocycles. The molecule has 0 aliphatic rings. The molecule has 0 aliphatic heterocycles. The molecule has 0 N–H and O–H groups in total. The van der Waals surface area contributed by atoms with E-state index in [9.17, 15) is 0 Å². The van der Waals surface area contributed by atoms with Crippen LogP contribution in [-0.4, -0.2) is 34.7 Å². The summed E-state index contributed by atoms with van der Waals surface area (Å²) < 4.78 is 42.6. The molecule has 0 aromatic rings. The number of hydrogen-bond donors (Lipinski definition) is 0. The van der Waals surface area contributed by atoms with Gasteiger partial charge in [-0.15, -0.1) is 0 Å². The van der Waals surface area contributed by atoms with Crippen molar-refractivity contribution in [2.24, 2.45) is 0 Å². The van der Waals surface area contributed by atoms with E-state index in [4.69, 9.17) is 71.8 Å². The van der Waals surface area contributed by atoms with E-state index in [0.717, 1.165) is 0 Å². The fraction of sp³-hybridized carbons (Fsp3) is 0. The normalized spacial score (nSPS) is 7.95. The first-order valence-corrected chi connectivity index (χ1v) is 9.19. The fourth-order valence-corrected chi connectivity index (χ4v) is 0. The van der Waals surface area contributed by atoms with Gasteiger partial charge in [0.25, 0.3) is 0 Å². The Hall–Kier alpha value is 1.81. The van der Waals surface area contributed by atoms with Gasteiger partial charge in [-0.3, -0.25) is 0 Å². The Morgan fingerprint density at radius 2 is 0.364 bits per heavy atom. The van der Waals surface area contributed by atoms with Gasteiger partial charge in [-0.05, 0) is 0 Å². The predicted octanol–water partition coefficient (Wildman–Crippen LogP) is -9.83. The van der Waals surface area contributed by atoms with Crippen LogP contribution in [0.5, 0.6) is 0 Å². The van der Waals surface area contributed by atoms with Crippen molar-refractivity contribution in [3.8, 4) is 0 Å². The van der Waals surface area contributed by atoms with E-state index in [0.29, 0.717) is 0 Å². The van der Waals surface area contributed by atoms with Crippen LogP contribution in [0.15, 0.2) is 0 Å². The maximum atomic E-state index is 8.52. The standard InChI is InChI=1S/2Al.5H3O3P/c;;5*1-4(2)3/h;;5*4H,(H2,1,2,3)/q2*+3;;;;;/p-6. The second-order valence-electron chi connectivity index (χ2n) is 1.25. The zero-order chi connectivity index (χ0) is 17.9. The molecule has 130 valence electrons. The molecule has 0 unspecified atom stereocenters. The van der Waals surface area contributed by atoms with Crippen LogP contribution >= 0.6 is 41.3 Å². The Morgan fingerprint density at radius 1 is 0.364 bits per heavy atom. The molecule has 0 aromatic carbocycles. The van der Waals surface area contributed by atoms with Crippen molar-refractivity contribution in [1.82, 2.24) is 0 Å². The Labute approximate surface area is 153 Å². The van der Waals surface area contributed by atoms with Crippen LogP contribution in [0.2, 0.25) is 0 Å². The van der Waals surface area contributed by atoms with Gasteiger partial charge < -0.3 is 71.8 Å². The minimum Gasteiger partial charge on any atom is -0.813 e. The van der Waals surface area contributed by atoms with Gasteiger partial charge >= 0.3 is 40.4 Å². The van der Waals surface area contributed by atoms with E-state index >= 15 is 0 Å². The molecular formula is H9Al2O15P5. The average Bonchev–Trinajstić information content (AvgIpc) is 1.94. The molecule has 0 saturated carbocycles. The SMILES string of the molecule is O=[PH]([O-])[O-].O=[PH]([O-])[O-].O=[PH]([O-])[O-].O=[PH]([O-])[O-].O=[PH]([O-])[O-].[Al+3].[Al+3].[H+].[H+].[H+].[H+]. The fourth-order valence-electron chi connectivity index (χ4n) is 0. The van der Waals surface area contributed by atoms with Gasteiger partial charge in [0.2, 0.25) is 0 Å². The van der Waals surface area contributed by atoms with E-state index in [1.807, 2.05) is 0 Å². The first-order chi connectivity index (χ1) is 8.66. The van der Waals surface area contributed by atoms with Crippen LogP contribution in [0.25, 0.3) is 0 Å². The molecule has 0 radical (unpaired) electrons. The van der Waals surface area contributed by atoms with Gasteiger partial charge in [-0.2, -0.15) is 0 Å². The molecule has 0 amide bonds. The van der Waals surface area contributed by atoms with E-state index < -0.39 is 41.3 Å². The van der Waals surface area contributed by atoms with Crippen molar-refractivity contribution in [2.45, 2.75) is 0 Å². The van der Waals surface area contributed by atoms with Crippen LogP contribution < -0.4 is 48.9 Å². The van der Waals surface area contributed by atoms with Gasteiger partial charge in [0.15, 0.2) is 0 Å². The molecule has 22 heteroatoms. The van der Waals surface area contributed by atoms with E-state index in [-0.39, 0.29) is 40.4 Å². The van der Waals surface area contributed by atoms with Crippen LogP contribution in [0, 0.1) is 0 Å². The summed E-state index contributed by atoms with van der Waals surface area (Å²) in [7, 11) is -18.1. The predicted molar refractivity (Wildman–Crippen MR) is 61.0 cm³/mol. The zero-order valence-corrected chi connectivity index (χ0v) is 17.1. The second-order valence-corrected chi connectivity index (χ2v) is 3.75. The number of rotatable bonds is 0. The molecule has 0 aromatic heterocycles. The van der Waals surface area contributed by atoms with Gasteiger partial charge in [0.05, 0.1) is 0 Å². The van der Waals surface area contributed by atoms with E-state index in [1.165, 1.54) is 0 Å². The molecule has 0 aliphatic carbocycles. The molecule has 22 heavy (non-hydrogen) atoms. The molecule has 0 bridgehead atoms. The molecule has 0 rings (SSSR count). The van der Waals surface area contributed by atoms with Crippen molar-refractivity contribution in [1.29, 1.82) is 0 Å². The molecule has 0 spiro atoms. The van der Waals surface area contributed by atoms with E-state index in [2.05, 4.69) is 0 Å². The van der Waals surface area contributed by atoms with Gasteiger partial charge in [0, 0.05) is 0 Å². The summed E-state index contributed by atoms with van der Waals surface area (Å²) in [6, 6.07) is 0. The van der Waals surface area contributed by atoms with Crippen molar-refractivity contribution < 1.29 is 77.5 Å². The molecular weight excluding hydrogens is 449 g/mol. The summed E-state index contributed by atoms with van der Waals surface area (Å²) in [4.78, 5) is 85.2.